The standard InChI is InChI=1S/C12H20N4O/c1-4-9(2)8-16(3)12(17)10-7-14-6-5-11(10)15-13/h5-7,9H,4,8,13H2,1-3H3,(H,14,15). The molecule has 17 heavy (non-hydrogen) atoms. The van der Waals surface area contributed by atoms with Crippen LogP contribution < -0.4 is 11.3 Å². The summed E-state index contributed by atoms with van der Waals surface area (Å²) in [6, 6.07) is 1.68. The highest BCUT2D eigenvalue weighted by Gasteiger charge is 2.16. The van der Waals surface area contributed by atoms with Gasteiger partial charge in [-0.25, -0.2) is 0 Å². The first-order valence-electron chi connectivity index (χ1n) is 5.76. The third-order valence-corrected chi connectivity index (χ3v) is 2.84. The molecule has 0 saturated carbocycles. The Morgan fingerprint density at radius 2 is 2.35 bits per heavy atom. The van der Waals surface area contributed by atoms with Crippen molar-refractivity contribution >= 4 is 11.6 Å². The van der Waals surface area contributed by atoms with E-state index in [1.165, 1.54) is 6.20 Å². The summed E-state index contributed by atoms with van der Waals surface area (Å²) in [6.07, 6.45) is 4.18. The van der Waals surface area contributed by atoms with Gasteiger partial charge in [0, 0.05) is 26.0 Å². The van der Waals surface area contributed by atoms with Crippen molar-refractivity contribution < 1.29 is 4.79 Å². The number of carbonyl (C=O) groups is 1. The molecular formula is C12H20N4O. The number of rotatable bonds is 5. The number of hydrogen-bond acceptors (Lipinski definition) is 4. The minimum atomic E-state index is -0.0636. The topological polar surface area (TPSA) is 71.2 Å². The molecule has 0 aliphatic heterocycles. The number of nitrogens with one attached hydrogen (secondary N) is 1. The Labute approximate surface area is 102 Å². The van der Waals surface area contributed by atoms with E-state index in [0.29, 0.717) is 17.2 Å². The summed E-state index contributed by atoms with van der Waals surface area (Å²) >= 11 is 0. The van der Waals surface area contributed by atoms with Crippen molar-refractivity contribution in [1.29, 1.82) is 0 Å². The van der Waals surface area contributed by atoms with Crippen LogP contribution in [-0.4, -0.2) is 29.4 Å². The van der Waals surface area contributed by atoms with E-state index in [0.717, 1.165) is 13.0 Å². The molecule has 0 aliphatic carbocycles. The summed E-state index contributed by atoms with van der Waals surface area (Å²) in [5, 5.41) is 0. The second-order valence-corrected chi connectivity index (χ2v) is 4.26. The van der Waals surface area contributed by atoms with Gasteiger partial charge in [0.2, 0.25) is 0 Å². The SMILES string of the molecule is CCC(C)CN(C)C(=O)c1cnccc1NN. The molecule has 94 valence electrons. The van der Waals surface area contributed by atoms with Crippen LogP contribution in [0.25, 0.3) is 0 Å². The normalized spacial score (nSPS) is 12.0. The predicted molar refractivity (Wildman–Crippen MR) is 68.5 cm³/mol. The van der Waals surface area contributed by atoms with Crippen LogP contribution in [0.4, 0.5) is 5.69 Å². The second-order valence-electron chi connectivity index (χ2n) is 4.26. The summed E-state index contributed by atoms with van der Waals surface area (Å²) in [4.78, 5) is 17.8. The number of carbonyl (C=O) groups excluding carboxylic acids is 1. The molecule has 3 N–H and O–H groups in total. The molecule has 0 spiro atoms. The number of hydrazine groups is 1. The van der Waals surface area contributed by atoms with E-state index in [1.54, 1.807) is 24.2 Å². The zero-order chi connectivity index (χ0) is 12.8. The van der Waals surface area contributed by atoms with Gasteiger partial charge in [-0.05, 0) is 12.0 Å². The van der Waals surface area contributed by atoms with Crippen LogP contribution >= 0.6 is 0 Å². The first-order chi connectivity index (χ1) is 8.10. The molecule has 0 aliphatic rings. The van der Waals surface area contributed by atoms with Gasteiger partial charge >= 0.3 is 0 Å². The van der Waals surface area contributed by atoms with Crippen LogP contribution in [0.2, 0.25) is 0 Å². The van der Waals surface area contributed by atoms with E-state index in [2.05, 4.69) is 24.3 Å². The largest absolute Gasteiger partial charge is 0.341 e. The van der Waals surface area contributed by atoms with Gasteiger partial charge in [-0.3, -0.25) is 15.6 Å². The van der Waals surface area contributed by atoms with Gasteiger partial charge in [0.1, 0.15) is 0 Å². The fourth-order valence-electron chi connectivity index (χ4n) is 1.58. The lowest BCUT2D eigenvalue weighted by atomic mass is 10.1. The van der Waals surface area contributed by atoms with Crippen LogP contribution in [0.3, 0.4) is 0 Å². The number of nitrogen functional groups attached to an aromatic ring is 1. The number of amides is 1. The summed E-state index contributed by atoms with van der Waals surface area (Å²) < 4.78 is 0. The molecular weight excluding hydrogens is 216 g/mol. The van der Waals surface area contributed by atoms with Gasteiger partial charge in [-0.15, -0.1) is 0 Å². The van der Waals surface area contributed by atoms with Gasteiger partial charge in [-0.1, -0.05) is 20.3 Å². The van der Waals surface area contributed by atoms with E-state index in [-0.39, 0.29) is 5.91 Å². The highest BCUT2D eigenvalue weighted by Crippen LogP contribution is 2.15. The number of aromatic nitrogens is 1. The van der Waals surface area contributed by atoms with Crippen LogP contribution in [0.1, 0.15) is 30.6 Å². The van der Waals surface area contributed by atoms with E-state index in [1.807, 2.05) is 0 Å². The summed E-state index contributed by atoms with van der Waals surface area (Å²) in [6.45, 7) is 4.96. The molecule has 1 amide bonds. The lowest BCUT2D eigenvalue weighted by Gasteiger charge is -2.21. The van der Waals surface area contributed by atoms with Crippen LogP contribution in [-0.2, 0) is 0 Å². The summed E-state index contributed by atoms with van der Waals surface area (Å²) in [5.74, 6) is 5.79. The molecule has 0 saturated heterocycles. The van der Waals surface area contributed by atoms with Crippen molar-refractivity contribution in [2.45, 2.75) is 20.3 Å². The van der Waals surface area contributed by atoms with Gasteiger partial charge in [0.05, 0.1) is 11.3 Å². The quantitative estimate of drug-likeness (QED) is 0.600. The molecule has 1 heterocycles. The predicted octanol–water partition coefficient (Wildman–Crippen LogP) is 1.49. The number of hydrogen-bond donors (Lipinski definition) is 2. The molecule has 0 fully saturated rings. The molecule has 5 heteroatoms. The van der Waals surface area contributed by atoms with E-state index < -0.39 is 0 Å². The molecule has 1 aromatic rings. The molecule has 0 bridgehead atoms. The molecule has 0 aromatic carbocycles. The van der Waals surface area contributed by atoms with Crippen molar-refractivity contribution in [1.82, 2.24) is 9.88 Å². The average molecular weight is 236 g/mol. The van der Waals surface area contributed by atoms with Crippen molar-refractivity contribution in [3.8, 4) is 0 Å². The molecule has 0 radical (unpaired) electrons. The zero-order valence-corrected chi connectivity index (χ0v) is 10.6. The Morgan fingerprint density at radius 1 is 1.65 bits per heavy atom. The number of nitrogens with two attached hydrogens (primary N) is 1. The highest BCUT2D eigenvalue weighted by molar-refractivity contribution is 5.99. The Bertz CT molecular complexity index is 381. The van der Waals surface area contributed by atoms with Gasteiger partial charge in [-0.2, -0.15) is 0 Å². The minimum Gasteiger partial charge on any atom is -0.341 e. The first-order valence-corrected chi connectivity index (χ1v) is 5.76. The third kappa shape index (κ3) is 3.42. The van der Waals surface area contributed by atoms with Crippen molar-refractivity contribution in [3.63, 3.8) is 0 Å². The van der Waals surface area contributed by atoms with Crippen LogP contribution in [0, 0.1) is 5.92 Å². The van der Waals surface area contributed by atoms with E-state index in [4.69, 9.17) is 5.84 Å². The average Bonchev–Trinajstić information content (AvgIpc) is 2.37. The maximum Gasteiger partial charge on any atom is 0.257 e. The fraction of sp³-hybridized carbons (Fsp3) is 0.500. The third-order valence-electron chi connectivity index (χ3n) is 2.84. The maximum atomic E-state index is 12.2. The number of pyridine rings is 1. The monoisotopic (exact) mass is 236 g/mol. The Hall–Kier alpha value is -1.62. The van der Waals surface area contributed by atoms with Crippen molar-refractivity contribution in [2.75, 3.05) is 19.0 Å². The minimum absolute atomic E-state index is 0.0636. The van der Waals surface area contributed by atoms with Crippen LogP contribution in [0.15, 0.2) is 18.5 Å². The van der Waals surface area contributed by atoms with E-state index in [9.17, 15) is 4.79 Å². The Kier molecular flexibility index (Phi) is 4.90. The highest BCUT2D eigenvalue weighted by atomic mass is 16.2. The fourth-order valence-corrected chi connectivity index (χ4v) is 1.58. The van der Waals surface area contributed by atoms with Crippen molar-refractivity contribution in [3.05, 3.63) is 24.0 Å². The Balaban J connectivity index is 2.81. The second kappa shape index (κ2) is 6.20. The first kappa shape index (κ1) is 13.4. The Morgan fingerprint density at radius 3 is 2.94 bits per heavy atom. The summed E-state index contributed by atoms with van der Waals surface area (Å²) in [5.41, 5.74) is 3.61. The van der Waals surface area contributed by atoms with Gasteiger partial charge in [0.25, 0.3) is 5.91 Å². The molecule has 1 unspecified atom stereocenters. The molecule has 1 rings (SSSR count). The molecule has 1 atom stereocenters. The zero-order valence-electron chi connectivity index (χ0n) is 10.6. The van der Waals surface area contributed by atoms with Crippen molar-refractivity contribution in [2.24, 2.45) is 11.8 Å². The lowest BCUT2D eigenvalue weighted by Crippen LogP contribution is -2.31. The molecule has 1 aromatic heterocycles. The smallest absolute Gasteiger partial charge is 0.257 e. The van der Waals surface area contributed by atoms with E-state index >= 15 is 0 Å². The molecule has 5 nitrogen and oxygen atoms in total. The number of nitrogens with zero attached hydrogens (tertiary/aromatic N) is 2. The lowest BCUT2D eigenvalue weighted by molar-refractivity contribution is 0.0775. The number of anilines is 1. The van der Waals surface area contributed by atoms with Gasteiger partial charge in [0.15, 0.2) is 0 Å². The van der Waals surface area contributed by atoms with Crippen LogP contribution in [0.5, 0.6) is 0 Å². The maximum absolute atomic E-state index is 12.2. The summed E-state index contributed by atoms with van der Waals surface area (Å²) in [7, 11) is 1.79. The van der Waals surface area contributed by atoms with Gasteiger partial charge < -0.3 is 10.3 Å².